The van der Waals surface area contributed by atoms with Gasteiger partial charge in [0.05, 0.1) is 17.0 Å². The lowest BCUT2D eigenvalue weighted by atomic mass is 9.77. The number of aromatic nitrogens is 2. The van der Waals surface area contributed by atoms with E-state index in [0.717, 1.165) is 24.8 Å². The Labute approximate surface area is 132 Å². The van der Waals surface area contributed by atoms with Crippen molar-refractivity contribution in [3.63, 3.8) is 0 Å². The average molecular weight is 322 g/mol. The molecule has 0 amide bonds. The third-order valence-corrected chi connectivity index (χ3v) is 4.45. The van der Waals surface area contributed by atoms with Crippen molar-refractivity contribution in [2.75, 3.05) is 13.2 Å². The number of nitrogens with two attached hydrogens (primary N) is 1. The Morgan fingerprint density at radius 3 is 2.82 bits per heavy atom. The van der Waals surface area contributed by atoms with Crippen LogP contribution >= 0.6 is 11.6 Å². The second kappa shape index (κ2) is 5.14. The van der Waals surface area contributed by atoms with Crippen molar-refractivity contribution in [1.82, 2.24) is 10.1 Å². The number of rotatable bonds is 3. The highest BCUT2D eigenvalue weighted by Crippen LogP contribution is 2.39. The van der Waals surface area contributed by atoms with E-state index in [1.165, 1.54) is 0 Å². The minimum atomic E-state index is -0.411. The molecule has 1 fully saturated rings. The fourth-order valence-corrected chi connectivity index (χ4v) is 3.04. The van der Waals surface area contributed by atoms with Gasteiger partial charge in [0.15, 0.2) is 17.3 Å². The number of fused-ring (bicyclic) bond motifs is 1. The molecular formula is C15H16ClN3O3. The minimum absolute atomic E-state index is 0.411. The molecule has 2 aliphatic rings. The maximum Gasteiger partial charge on any atom is 0.231 e. The molecule has 4 rings (SSSR count). The maximum atomic E-state index is 6.23. The lowest BCUT2D eigenvalue weighted by Gasteiger charge is -2.34. The molecule has 22 heavy (non-hydrogen) atoms. The number of benzene rings is 1. The zero-order chi connectivity index (χ0) is 15.2. The quantitative estimate of drug-likeness (QED) is 0.934. The largest absolute Gasteiger partial charge is 0.486 e. The highest BCUT2D eigenvalue weighted by molar-refractivity contribution is 6.32. The third kappa shape index (κ3) is 2.32. The molecule has 116 valence electrons. The predicted octanol–water partition coefficient (Wildman–Crippen LogP) is 2.42. The third-order valence-electron chi connectivity index (χ3n) is 4.17. The van der Waals surface area contributed by atoms with Gasteiger partial charge in [-0.1, -0.05) is 16.8 Å². The Kier molecular flexibility index (Phi) is 3.23. The molecule has 0 saturated heterocycles. The van der Waals surface area contributed by atoms with E-state index in [4.69, 9.17) is 31.3 Å². The Morgan fingerprint density at radius 1 is 1.23 bits per heavy atom. The Bertz CT molecular complexity index is 712. The molecule has 2 aromatic rings. The number of ether oxygens (including phenoxy) is 2. The SMILES string of the molecule is NC1(c2noc(Cc3cc(Cl)c4c(c3)OCCO4)n2)CCC1. The van der Waals surface area contributed by atoms with Crippen LogP contribution in [0.1, 0.15) is 36.5 Å². The summed E-state index contributed by atoms with van der Waals surface area (Å²) in [6.45, 7) is 1.03. The lowest BCUT2D eigenvalue weighted by molar-refractivity contribution is 0.171. The van der Waals surface area contributed by atoms with Crippen LogP contribution in [0, 0.1) is 0 Å². The Hall–Kier alpha value is -1.79. The van der Waals surface area contributed by atoms with Crippen LogP contribution in [0.2, 0.25) is 5.02 Å². The van der Waals surface area contributed by atoms with Gasteiger partial charge in [-0.2, -0.15) is 4.98 Å². The van der Waals surface area contributed by atoms with Gasteiger partial charge >= 0.3 is 0 Å². The molecule has 1 aromatic carbocycles. The molecule has 1 saturated carbocycles. The van der Waals surface area contributed by atoms with Crippen LogP contribution in [0.3, 0.4) is 0 Å². The van der Waals surface area contributed by atoms with Gasteiger partial charge in [0.2, 0.25) is 5.89 Å². The second-order valence-electron chi connectivity index (χ2n) is 5.80. The number of hydrogen-bond donors (Lipinski definition) is 1. The molecular weight excluding hydrogens is 306 g/mol. The summed E-state index contributed by atoms with van der Waals surface area (Å²) in [5.74, 6) is 2.37. The maximum absolute atomic E-state index is 6.23. The monoisotopic (exact) mass is 321 g/mol. The summed E-state index contributed by atoms with van der Waals surface area (Å²) in [6, 6.07) is 3.73. The van der Waals surface area contributed by atoms with Gasteiger partial charge in [0.1, 0.15) is 13.2 Å². The van der Waals surface area contributed by atoms with Crippen molar-refractivity contribution in [2.45, 2.75) is 31.2 Å². The summed E-state index contributed by atoms with van der Waals surface area (Å²) in [6.07, 6.45) is 3.40. The van der Waals surface area contributed by atoms with Crippen molar-refractivity contribution in [1.29, 1.82) is 0 Å². The van der Waals surface area contributed by atoms with Gasteiger partial charge in [-0.15, -0.1) is 0 Å². The van der Waals surface area contributed by atoms with E-state index in [0.29, 0.717) is 47.9 Å². The lowest BCUT2D eigenvalue weighted by Crippen LogP contribution is -2.44. The number of halogens is 1. The van der Waals surface area contributed by atoms with Crippen molar-refractivity contribution in [2.24, 2.45) is 5.73 Å². The van der Waals surface area contributed by atoms with Crippen LogP contribution in [0.5, 0.6) is 11.5 Å². The fraction of sp³-hybridized carbons (Fsp3) is 0.467. The zero-order valence-corrected chi connectivity index (χ0v) is 12.7. The summed E-state index contributed by atoms with van der Waals surface area (Å²) in [5, 5.41) is 4.54. The standard InChI is InChI=1S/C15H16ClN3O3/c16-10-6-9(7-11-13(10)21-5-4-20-11)8-12-18-14(19-22-12)15(17)2-1-3-15/h6-7H,1-5,8,17H2. The smallest absolute Gasteiger partial charge is 0.231 e. The van der Waals surface area contributed by atoms with Gasteiger partial charge in [-0.25, -0.2) is 0 Å². The molecule has 0 atom stereocenters. The van der Waals surface area contributed by atoms with Crippen molar-refractivity contribution < 1.29 is 14.0 Å². The second-order valence-corrected chi connectivity index (χ2v) is 6.21. The van der Waals surface area contributed by atoms with Crippen LogP contribution < -0.4 is 15.2 Å². The Balaban J connectivity index is 1.57. The first-order valence-electron chi connectivity index (χ1n) is 7.34. The van der Waals surface area contributed by atoms with E-state index in [2.05, 4.69) is 10.1 Å². The average Bonchev–Trinajstić information content (AvgIpc) is 2.94. The molecule has 0 spiro atoms. The van der Waals surface area contributed by atoms with E-state index < -0.39 is 5.54 Å². The molecule has 1 aromatic heterocycles. The van der Waals surface area contributed by atoms with Gasteiger partial charge in [-0.05, 0) is 37.0 Å². The molecule has 2 heterocycles. The van der Waals surface area contributed by atoms with Crippen molar-refractivity contribution in [3.05, 3.63) is 34.4 Å². The Morgan fingerprint density at radius 2 is 2.05 bits per heavy atom. The molecule has 1 aliphatic carbocycles. The molecule has 1 aliphatic heterocycles. The van der Waals surface area contributed by atoms with E-state index in [1.807, 2.05) is 12.1 Å². The first kappa shape index (κ1) is 13.8. The highest BCUT2D eigenvalue weighted by Gasteiger charge is 2.38. The first-order chi connectivity index (χ1) is 10.6. The molecule has 0 unspecified atom stereocenters. The first-order valence-corrected chi connectivity index (χ1v) is 7.72. The summed E-state index contributed by atoms with van der Waals surface area (Å²) >= 11 is 6.23. The van der Waals surface area contributed by atoms with Gasteiger partial charge in [0, 0.05) is 0 Å². The number of hydrogen-bond acceptors (Lipinski definition) is 6. The van der Waals surface area contributed by atoms with Gasteiger partial charge < -0.3 is 19.7 Å². The van der Waals surface area contributed by atoms with Crippen molar-refractivity contribution >= 4 is 11.6 Å². The van der Waals surface area contributed by atoms with Crippen LogP contribution in [-0.2, 0) is 12.0 Å². The number of nitrogens with zero attached hydrogens (tertiary/aromatic N) is 2. The summed E-state index contributed by atoms with van der Waals surface area (Å²) in [4.78, 5) is 4.42. The van der Waals surface area contributed by atoms with Gasteiger partial charge in [0.25, 0.3) is 0 Å². The molecule has 0 radical (unpaired) electrons. The molecule has 6 nitrogen and oxygen atoms in total. The fourth-order valence-electron chi connectivity index (χ4n) is 2.75. The summed E-state index contributed by atoms with van der Waals surface area (Å²) < 4.78 is 16.4. The van der Waals surface area contributed by atoms with Crippen LogP contribution in [0.25, 0.3) is 0 Å². The van der Waals surface area contributed by atoms with E-state index in [1.54, 1.807) is 0 Å². The van der Waals surface area contributed by atoms with Crippen LogP contribution in [-0.4, -0.2) is 23.4 Å². The van der Waals surface area contributed by atoms with Crippen molar-refractivity contribution in [3.8, 4) is 11.5 Å². The molecule has 0 bridgehead atoms. The normalized spacial score (nSPS) is 18.8. The predicted molar refractivity (Wildman–Crippen MR) is 79.3 cm³/mol. The summed E-state index contributed by atoms with van der Waals surface area (Å²) in [7, 11) is 0. The molecule has 7 heteroatoms. The minimum Gasteiger partial charge on any atom is -0.486 e. The van der Waals surface area contributed by atoms with E-state index in [9.17, 15) is 0 Å². The topological polar surface area (TPSA) is 83.4 Å². The highest BCUT2D eigenvalue weighted by atomic mass is 35.5. The zero-order valence-electron chi connectivity index (χ0n) is 12.0. The summed E-state index contributed by atoms with van der Waals surface area (Å²) in [5.41, 5.74) is 6.73. The van der Waals surface area contributed by atoms with Gasteiger partial charge in [-0.3, -0.25) is 0 Å². The van der Waals surface area contributed by atoms with Crippen LogP contribution in [0.4, 0.5) is 0 Å². The van der Waals surface area contributed by atoms with E-state index >= 15 is 0 Å². The van der Waals surface area contributed by atoms with E-state index in [-0.39, 0.29) is 0 Å². The molecule has 2 N–H and O–H groups in total. The van der Waals surface area contributed by atoms with Crippen LogP contribution in [0.15, 0.2) is 16.7 Å².